The highest BCUT2D eigenvalue weighted by Gasteiger charge is 2.22. The van der Waals surface area contributed by atoms with Crippen LogP contribution in [0, 0.1) is 0 Å². The van der Waals surface area contributed by atoms with E-state index in [1.54, 1.807) is 11.3 Å². The Morgan fingerprint density at radius 1 is 1.47 bits per heavy atom. The summed E-state index contributed by atoms with van der Waals surface area (Å²) in [6, 6.07) is 3.90. The quantitative estimate of drug-likeness (QED) is 0.883. The van der Waals surface area contributed by atoms with Crippen LogP contribution in [0.4, 0.5) is 0 Å². The zero-order valence-electron chi connectivity index (χ0n) is 8.43. The van der Waals surface area contributed by atoms with Gasteiger partial charge < -0.3 is 10.3 Å². The fourth-order valence-corrected chi connectivity index (χ4v) is 1.64. The number of thiophene rings is 1. The van der Waals surface area contributed by atoms with Crippen LogP contribution in [0.25, 0.3) is 10.7 Å². The number of hydrogen-bond acceptors (Lipinski definition) is 5. The van der Waals surface area contributed by atoms with Crippen LogP contribution in [0.2, 0.25) is 0 Å². The highest BCUT2D eigenvalue weighted by atomic mass is 35.5. The fourth-order valence-electron chi connectivity index (χ4n) is 0.991. The topological polar surface area (TPSA) is 64.9 Å². The molecule has 0 aliphatic carbocycles. The lowest BCUT2D eigenvalue weighted by Gasteiger charge is -2.10. The first-order chi connectivity index (χ1) is 6.57. The summed E-state index contributed by atoms with van der Waals surface area (Å²) < 4.78 is 5.07. The third-order valence-electron chi connectivity index (χ3n) is 1.72. The summed E-state index contributed by atoms with van der Waals surface area (Å²) in [7, 11) is 0. The van der Waals surface area contributed by atoms with Crippen molar-refractivity contribution in [2.24, 2.45) is 5.73 Å². The van der Waals surface area contributed by atoms with E-state index in [0.29, 0.717) is 11.7 Å². The Bertz CT molecular complexity index is 419. The maximum absolute atomic E-state index is 5.83. The van der Waals surface area contributed by atoms with Crippen LogP contribution >= 0.6 is 23.7 Å². The molecule has 0 unspecified atom stereocenters. The van der Waals surface area contributed by atoms with E-state index in [1.165, 1.54) is 0 Å². The third-order valence-corrected chi connectivity index (χ3v) is 2.58. The summed E-state index contributed by atoms with van der Waals surface area (Å²) >= 11 is 1.57. The van der Waals surface area contributed by atoms with Crippen molar-refractivity contribution in [1.29, 1.82) is 0 Å². The summed E-state index contributed by atoms with van der Waals surface area (Å²) in [6.45, 7) is 3.66. The molecule has 0 fully saturated rings. The molecule has 0 aliphatic heterocycles. The van der Waals surface area contributed by atoms with Gasteiger partial charge in [-0.1, -0.05) is 11.2 Å². The molecule has 0 spiro atoms. The summed E-state index contributed by atoms with van der Waals surface area (Å²) in [4.78, 5) is 5.22. The van der Waals surface area contributed by atoms with Gasteiger partial charge in [0.05, 0.1) is 10.4 Å². The summed E-state index contributed by atoms with van der Waals surface area (Å²) in [5.74, 6) is 1.06. The van der Waals surface area contributed by atoms with E-state index in [1.807, 2.05) is 31.4 Å². The molecule has 2 N–H and O–H groups in total. The minimum Gasteiger partial charge on any atom is -0.337 e. The lowest BCUT2D eigenvalue weighted by molar-refractivity contribution is 0.312. The number of nitrogens with two attached hydrogens (primary N) is 1. The molecule has 0 saturated heterocycles. The van der Waals surface area contributed by atoms with E-state index >= 15 is 0 Å². The molecule has 2 aromatic rings. The van der Waals surface area contributed by atoms with Crippen LogP contribution in [-0.4, -0.2) is 10.1 Å². The van der Waals surface area contributed by atoms with Gasteiger partial charge in [-0.15, -0.1) is 23.7 Å². The Hall–Kier alpha value is -0.910. The van der Waals surface area contributed by atoms with Gasteiger partial charge in [-0.2, -0.15) is 4.98 Å². The number of halogens is 1. The SMILES string of the molecule is CC(C)(N)c1nc(-c2cccs2)no1.Cl. The number of nitrogens with zero attached hydrogens (tertiary/aromatic N) is 2. The van der Waals surface area contributed by atoms with E-state index in [0.717, 1.165) is 4.88 Å². The van der Waals surface area contributed by atoms with E-state index < -0.39 is 5.54 Å². The van der Waals surface area contributed by atoms with Crippen molar-refractivity contribution >= 4 is 23.7 Å². The maximum Gasteiger partial charge on any atom is 0.246 e. The lowest BCUT2D eigenvalue weighted by Crippen LogP contribution is -2.28. The number of aromatic nitrogens is 2. The van der Waals surface area contributed by atoms with E-state index in [2.05, 4.69) is 10.1 Å². The maximum atomic E-state index is 5.83. The molecule has 4 nitrogen and oxygen atoms in total. The molecule has 2 heterocycles. The Labute approximate surface area is 97.9 Å². The van der Waals surface area contributed by atoms with Gasteiger partial charge in [-0.05, 0) is 25.3 Å². The zero-order valence-corrected chi connectivity index (χ0v) is 10.1. The molecule has 6 heteroatoms. The normalized spacial score (nSPS) is 11.1. The van der Waals surface area contributed by atoms with Gasteiger partial charge in [0.15, 0.2) is 0 Å². The highest BCUT2D eigenvalue weighted by molar-refractivity contribution is 7.13. The van der Waals surface area contributed by atoms with Gasteiger partial charge >= 0.3 is 0 Å². The van der Waals surface area contributed by atoms with Gasteiger partial charge in [-0.25, -0.2) is 0 Å². The molecule has 0 bridgehead atoms. The number of hydrogen-bond donors (Lipinski definition) is 1. The molecule has 0 radical (unpaired) electrons. The lowest BCUT2D eigenvalue weighted by atomic mass is 10.1. The van der Waals surface area contributed by atoms with Crippen LogP contribution < -0.4 is 5.73 Å². The predicted octanol–water partition coefficient (Wildman–Crippen LogP) is 2.41. The molecule has 2 rings (SSSR count). The summed E-state index contributed by atoms with van der Waals surface area (Å²) in [6.07, 6.45) is 0. The van der Waals surface area contributed by atoms with Gasteiger partial charge in [0.1, 0.15) is 0 Å². The van der Waals surface area contributed by atoms with E-state index in [9.17, 15) is 0 Å². The molecule has 0 atom stereocenters. The minimum atomic E-state index is -0.581. The Morgan fingerprint density at radius 3 is 2.67 bits per heavy atom. The third kappa shape index (κ3) is 2.56. The first kappa shape index (κ1) is 12.2. The molecule has 0 saturated carbocycles. The van der Waals surface area contributed by atoms with E-state index in [4.69, 9.17) is 10.3 Å². The number of rotatable bonds is 2. The van der Waals surface area contributed by atoms with Crippen LogP contribution in [0.3, 0.4) is 0 Å². The molecule has 15 heavy (non-hydrogen) atoms. The standard InChI is InChI=1S/C9H11N3OS.ClH/c1-9(2,10)8-11-7(12-13-8)6-4-3-5-14-6;/h3-5H,10H2,1-2H3;1H. The molecule has 0 amide bonds. The monoisotopic (exact) mass is 245 g/mol. The molecule has 82 valence electrons. The second-order valence-corrected chi connectivity index (χ2v) is 4.57. The molecule has 0 aromatic carbocycles. The highest BCUT2D eigenvalue weighted by Crippen LogP contribution is 2.23. The average Bonchev–Trinajstić information content (AvgIpc) is 2.73. The van der Waals surface area contributed by atoms with Crippen molar-refractivity contribution in [1.82, 2.24) is 10.1 Å². The summed E-state index contributed by atoms with van der Waals surface area (Å²) in [5, 5.41) is 5.84. The van der Waals surface area contributed by atoms with Crippen molar-refractivity contribution < 1.29 is 4.52 Å². The van der Waals surface area contributed by atoms with E-state index in [-0.39, 0.29) is 12.4 Å². The zero-order chi connectivity index (χ0) is 10.2. The van der Waals surface area contributed by atoms with Crippen molar-refractivity contribution in [3.63, 3.8) is 0 Å². The van der Waals surface area contributed by atoms with Gasteiger partial charge in [-0.3, -0.25) is 0 Å². The second-order valence-electron chi connectivity index (χ2n) is 3.62. The fraction of sp³-hybridized carbons (Fsp3) is 0.333. The Morgan fingerprint density at radius 2 is 2.20 bits per heavy atom. The van der Waals surface area contributed by atoms with Crippen molar-refractivity contribution in [2.45, 2.75) is 19.4 Å². The van der Waals surface area contributed by atoms with Crippen LogP contribution in [0.5, 0.6) is 0 Å². The molecular weight excluding hydrogens is 234 g/mol. The van der Waals surface area contributed by atoms with Crippen molar-refractivity contribution in [3.05, 3.63) is 23.4 Å². The Kier molecular flexibility index (Phi) is 3.49. The van der Waals surface area contributed by atoms with Crippen LogP contribution in [-0.2, 0) is 5.54 Å². The Balaban J connectivity index is 0.00000112. The molecule has 0 aliphatic rings. The van der Waals surface area contributed by atoms with Crippen LogP contribution in [0.15, 0.2) is 22.0 Å². The van der Waals surface area contributed by atoms with Gasteiger partial charge in [0.25, 0.3) is 0 Å². The largest absolute Gasteiger partial charge is 0.337 e. The minimum absolute atomic E-state index is 0. The molecular formula is C9H12ClN3OS. The van der Waals surface area contributed by atoms with Crippen molar-refractivity contribution in [3.8, 4) is 10.7 Å². The van der Waals surface area contributed by atoms with Gasteiger partial charge in [0.2, 0.25) is 11.7 Å². The van der Waals surface area contributed by atoms with Crippen molar-refractivity contribution in [2.75, 3.05) is 0 Å². The predicted molar refractivity (Wildman–Crippen MR) is 62.1 cm³/mol. The van der Waals surface area contributed by atoms with Crippen LogP contribution in [0.1, 0.15) is 19.7 Å². The van der Waals surface area contributed by atoms with Gasteiger partial charge in [0, 0.05) is 0 Å². The smallest absolute Gasteiger partial charge is 0.246 e. The molecule has 2 aromatic heterocycles. The summed E-state index contributed by atoms with van der Waals surface area (Å²) in [5.41, 5.74) is 5.25. The average molecular weight is 246 g/mol. The first-order valence-corrected chi connectivity index (χ1v) is 5.12. The first-order valence-electron chi connectivity index (χ1n) is 4.24. The second kappa shape index (κ2) is 4.30.